The van der Waals surface area contributed by atoms with Gasteiger partial charge in [0.05, 0.1) is 6.61 Å². The number of aromatic nitrogens is 2. The molecule has 0 amide bonds. The Morgan fingerprint density at radius 1 is 1.12 bits per heavy atom. The molecular formula is C20H34N4O. The van der Waals surface area contributed by atoms with Gasteiger partial charge in [-0.15, -0.1) is 0 Å². The van der Waals surface area contributed by atoms with Crippen molar-refractivity contribution in [2.75, 3.05) is 33.4 Å². The summed E-state index contributed by atoms with van der Waals surface area (Å²) in [6.07, 6.45) is 14.5. The number of hydrogen-bond donors (Lipinski definition) is 1. The number of hydrogen-bond acceptors (Lipinski definition) is 5. The molecule has 1 N–H and O–H groups in total. The summed E-state index contributed by atoms with van der Waals surface area (Å²) in [4.78, 5) is 11.6. The van der Waals surface area contributed by atoms with E-state index in [1.807, 2.05) is 12.4 Å². The average molecular weight is 347 g/mol. The number of nitrogens with one attached hydrogen (secondary N) is 1. The third-order valence-corrected chi connectivity index (χ3v) is 5.63. The summed E-state index contributed by atoms with van der Waals surface area (Å²) in [5.74, 6) is 1.81. The van der Waals surface area contributed by atoms with Crippen LogP contribution in [0.2, 0.25) is 0 Å². The van der Waals surface area contributed by atoms with Crippen LogP contribution in [0.15, 0.2) is 12.4 Å². The first-order valence-corrected chi connectivity index (χ1v) is 10.1. The van der Waals surface area contributed by atoms with Crippen LogP contribution in [0.4, 0.5) is 0 Å². The van der Waals surface area contributed by atoms with E-state index in [9.17, 15) is 0 Å². The highest BCUT2D eigenvalue weighted by atomic mass is 16.5. The summed E-state index contributed by atoms with van der Waals surface area (Å²) in [6, 6.07) is 0.602. The Kier molecular flexibility index (Phi) is 7.64. The third kappa shape index (κ3) is 6.32. The van der Waals surface area contributed by atoms with Gasteiger partial charge < -0.3 is 15.0 Å². The molecule has 3 rings (SSSR count). The van der Waals surface area contributed by atoms with Crippen LogP contribution in [-0.2, 0) is 17.7 Å². The maximum atomic E-state index is 5.07. The van der Waals surface area contributed by atoms with Crippen LogP contribution in [0.5, 0.6) is 0 Å². The van der Waals surface area contributed by atoms with Crippen molar-refractivity contribution in [2.45, 2.75) is 64.0 Å². The third-order valence-electron chi connectivity index (χ3n) is 5.63. The lowest BCUT2D eigenvalue weighted by Crippen LogP contribution is -2.47. The molecule has 0 radical (unpaired) electrons. The van der Waals surface area contributed by atoms with E-state index in [0.717, 1.165) is 24.7 Å². The summed E-state index contributed by atoms with van der Waals surface area (Å²) in [6.45, 7) is 5.34. The van der Waals surface area contributed by atoms with Gasteiger partial charge in [-0.25, -0.2) is 9.97 Å². The molecule has 2 aliphatic rings. The van der Waals surface area contributed by atoms with Crippen LogP contribution >= 0.6 is 0 Å². The summed E-state index contributed by atoms with van der Waals surface area (Å²) in [7, 11) is 1.71. The highest BCUT2D eigenvalue weighted by Crippen LogP contribution is 2.25. The molecule has 5 nitrogen and oxygen atoms in total. The van der Waals surface area contributed by atoms with Crippen molar-refractivity contribution >= 4 is 0 Å². The van der Waals surface area contributed by atoms with E-state index in [2.05, 4.69) is 20.2 Å². The van der Waals surface area contributed by atoms with Gasteiger partial charge in [0.15, 0.2) is 0 Å². The van der Waals surface area contributed by atoms with Crippen molar-refractivity contribution in [1.82, 2.24) is 20.2 Å². The fraction of sp³-hybridized carbons (Fsp3) is 0.800. The van der Waals surface area contributed by atoms with E-state index >= 15 is 0 Å². The predicted molar refractivity (Wildman–Crippen MR) is 100 cm³/mol. The minimum absolute atomic E-state index is 0.602. The molecule has 140 valence electrons. The van der Waals surface area contributed by atoms with Crippen LogP contribution in [0, 0.1) is 5.92 Å². The molecule has 1 unspecified atom stereocenters. The highest BCUT2D eigenvalue weighted by molar-refractivity contribution is 5.05. The van der Waals surface area contributed by atoms with Gasteiger partial charge in [0.25, 0.3) is 0 Å². The van der Waals surface area contributed by atoms with Gasteiger partial charge >= 0.3 is 0 Å². The molecule has 1 aromatic heterocycles. The fourth-order valence-corrected chi connectivity index (χ4v) is 4.18. The second kappa shape index (κ2) is 10.2. The Morgan fingerprint density at radius 3 is 2.68 bits per heavy atom. The molecule has 5 heteroatoms. The molecule has 1 aliphatic carbocycles. The number of piperidine rings is 1. The summed E-state index contributed by atoms with van der Waals surface area (Å²) >= 11 is 0. The summed E-state index contributed by atoms with van der Waals surface area (Å²) < 4.78 is 5.07. The second-order valence-electron chi connectivity index (χ2n) is 7.73. The number of methoxy groups -OCH3 is 1. The van der Waals surface area contributed by atoms with Crippen LogP contribution in [-0.4, -0.2) is 54.3 Å². The van der Waals surface area contributed by atoms with Crippen molar-refractivity contribution in [3.8, 4) is 0 Å². The highest BCUT2D eigenvalue weighted by Gasteiger charge is 2.23. The number of likely N-dealkylation sites (tertiary alicyclic amines) is 1. The Balaban J connectivity index is 1.40. The van der Waals surface area contributed by atoms with Crippen LogP contribution in [0.1, 0.15) is 56.3 Å². The summed E-state index contributed by atoms with van der Waals surface area (Å²) in [5.41, 5.74) is 1.17. The van der Waals surface area contributed by atoms with E-state index in [1.165, 1.54) is 70.1 Å². The fourth-order valence-electron chi connectivity index (χ4n) is 4.18. The van der Waals surface area contributed by atoms with Gasteiger partial charge in [-0.2, -0.15) is 0 Å². The van der Waals surface area contributed by atoms with Crippen molar-refractivity contribution in [2.24, 2.45) is 5.92 Å². The van der Waals surface area contributed by atoms with E-state index in [1.54, 1.807) is 7.11 Å². The van der Waals surface area contributed by atoms with Crippen molar-refractivity contribution < 1.29 is 4.74 Å². The van der Waals surface area contributed by atoms with Crippen LogP contribution in [0.25, 0.3) is 0 Å². The molecule has 1 atom stereocenters. The van der Waals surface area contributed by atoms with E-state index in [4.69, 9.17) is 4.74 Å². The molecule has 25 heavy (non-hydrogen) atoms. The Bertz CT molecular complexity index is 487. The maximum absolute atomic E-state index is 5.07. The first kappa shape index (κ1) is 18.7. The van der Waals surface area contributed by atoms with Gasteiger partial charge in [-0.3, -0.25) is 0 Å². The Labute approximate surface area is 152 Å². The predicted octanol–water partition coefficient (Wildman–Crippen LogP) is 2.80. The lowest BCUT2D eigenvalue weighted by Gasteiger charge is -2.36. The number of ether oxygens (including phenoxy) is 1. The van der Waals surface area contributed by atoms with Crippen molar-refractivity contribution in [1.29, 1.82) is 0 Å². The second-order valence-corrected chi connectivity index (χ2v) is 7.73. The number of rotatable bonds is 8. The minimum Gasteiger partial charge on any atom is -0.384 e. The Hall–Kier alpha value is -1.04. The minimum atomic E-state index is 0.602. The van der Waals surface area contributed by atoms with Crippen LogP contribution < -0.4 is 5.32 Å². The molecule has 0 spiro atoms. The molecule has 1 saturated heterocycles. The molecule has 2 heterocycles. The maximum Gasteiger partial charge on any atom is 0.130 e. The zero-order valence-electron chi connectivity index (χ0n) is 15.8. The molecule has 0 bridgehead atoms. The monoisotopic (exact) mass is 346 g/mol. The van der Waals surface area contributed by atoms with Crippen molar-refractivity contribution in [3.05, 3.63) is 23.8 Å². The lowest BCUT2D eigenvalue weighted by molar-refractivity contribution is 0.149. The van der Waals surface area contributed by atoms with Crippen molar-refractivity contribution in [3.63, 3.8) is 0 Å². The zero-order valence-corrected chi connectivity index (χ0v) is 15.8. The average Bonchev–Trinajstić information content (AvgIpc) is 2.67. The SMILES string of the molecule is COCCc1ncc(CNC2CCCN(CC3CCCCC3)C2)cn1. The topological polar surface area (TPSA) is 50.3 Å². The van der Waals surface area contributed by atoms with Crippen LogP contribution in [0.3, 0.4) is 0 Å². The first-order valence-electron chi connectivity index (χ1n) is 10.1. The molecule has 1 aromatic rings. The largest absolute Gasteiger partial charge is 0.384 e. The van der Waals surface area contributed by atoms with E-state index < -0.39 is 0 Å². The quantitative estimate of drug-likeness (QED) is 0.784. The zero-order chi connectivity index (χ0) is 17.3. The normalized spacial score (nSPS) is 23.0. The smallest absolute Gasteiger partial charge is 0.130 e. The molecule has 1 saturated carbocycles. The van der Waals surface area contributed by atoms with Gasteiger partial charge in [0.1, 0.15) is 5.82 Å². The van der Waals surface area contributed by atoms with Gasteiger partial charge in [0, 0.05) is 57.2 Å². The molecule has 1 aliphatic heterocycles. The van der Waals surface area contributed by atoms with Gasteiger partial charge in [-0.1, -0.05) is 19.3 Å². The molecule has 2 fully saturated rings. The molecule has 0 aromatic carbocycles. The lowest BCUT2D eigenvalue weighted by atomic mass is 9.88. The van der Waals surface area contributed by atoms with E-state index in [-0.39, 0.29) is 0 Å². The molecular weight excluding hydrogens is 312 g/mol. The Morgan fingerprint density at radius 2 is 1.92 bits per heavy atom. The van der Waals surface area contributed by atoms with Gasteiger partial charge in [0.2, 0.25) is 0 Å². The number of nitrogens with zero attached hydrogens (tertiary/aromatic N) is 3. The van der Waals surface area contributed by atoms with Gasteiger partial charge in [-0.05, 0) is 38.1 Å². The summed E-state index contributed by atoms with van der Waals surface area (Å²) in [5, 5.41) is 3.72. The van der Waals surface area contributed by atoms with E-state index in [0.29, 0.717) is 12.6 Å². The standard InChI is InChI=1S/C20H34N4O/c1-25-11-9-20-22-13-18(14-23-20)12-21-19-8-5-10-24(16-19)15-17-6-3-2-4-7-17/h13-14,17,19,21H,2-12,15-16H2,1H3. The first-order chi connectivity index (χ1) is 12.3.